The molecule has 194 valence electrons. The summed E-state index contributed by atoms with van der Waals surface area (Å²) in [5, 5.41) is 3.42. The molecular weight excluding hydrogens is 532 g/mol. The summed E-state index contributed by atoms with van der Waals surface area (Å²) in [5.74, 6) is -3.35. The largest absolute Gasteiger partial charge is 0.325 e. The van der Waals surface area contributed by atoms with Gasteiger partial charge >= 0.3 is 4.87 Å². The molecular formula is C27H21F2N3O4S2. The second kappa shape index (κ2) is 8.60. The molecule has 2 aliphatic carbocycles. The summed E-state index contributed by atoms with van der Waals surface area (Å²) in [6.07, 6.45) is 0.724. The fraction of sp³-hybridized carbons (Fsp3) is 0.333. The van der Waals surface area contributed by atoms with Gasteiger partial charge in [-0.3, -0.25) is 24.1 Å². The van der Waals surface area contributed by atoms with Gasteiger partial charge in [-0.1, -0.05) is 23.5 Å². The summed E-state index contributed by atoms with van der Waals surface area (Å²) in [5.41, 5.74) is 1.26. The first kappa shape index (κ1) is 23.8. The summed E-state index contributed by atoms with van der Waals surface area (Å²) in [6, 6.07) is 11.5. The molecule has 7 nitrogen and oxygen atoms in total. The zero-order chi connectivity index (χ0) is 26.3. The Bertz CT molecular complexity index is 1540. The third kappa shape index (κ3) is 3.51. The molecule has 2 N–H and O–H groups in total. The number of carbonyl (C=O) groups excluding carboxylic acids is 3. The highest BCUT2D eigenvalue weighted by Gasteiger charge is 2.69. The summed E-state index contributed by atoms with van der Waals surface area (Å²) >= 11 is 2.72. The molecule has 11 heteroatoms. The number of rotatable bonds is 4. The molecule has 3 heterocycles. The summed E-state index contributed by atoms with van der Waals surface area (Å²) in [6.45, 7) is -0.397. The van der Waals surface area contributed by atoms with E-state index in [1.807, 2.05) is 0 Å². The molecule has 7 atom stereocenters. The Labute approximate surface area is 223 Å². The van der Waals surface area contributed by atoms with Crippen molar-refractivity contribution in [3.63, 3.8) is 0 Å². The number of imide groups is 1. The van der Waals surface area contributed by atoms with Crippen LogP contribution >= 0.6 is 23.1 Å². The zero-order valence-electron chi connectivity index (χ0n) is 19.7. The number of hydrogen-bond acceptors (Lipinski definition) is 6. The predicted molar refractivity (Wildman–Crippen MR) is 137 cm³/mol. The Morgan fingerprint density at radius 3 is 2.26 bits per heavy atom. The number of amides is 3. The van der Waals surface area contributed by atoms with Crippen LogP contribution in [0.25, 0.3) is 0 Å². The summed E-state index contributed by atoms with van der Waals surface area (Å²) in [4.78, 5) is 56.8. The van der Waals surface area contributed by atoms with Crippen LogP contribution in [0.1, 0.15) is 22.8 Å². The van der Waals surface area contributed by atoms with Gasteiger partial charge in [0.25, 0.3) is 0 Å². The number of halogens is 2. The van der Waals surface area contributed by atoms with Gasteiger partial charge in [0.2, 0.25) is 17.7 Å². The SMILES string of the molecule is O=C(CN1C(=O)C2C3CC(C2C1=O)C1C3Sc2[nH]c(=O)sc2[C@@H]1c1ccc(F)cc1)Nc1ccc(F)cc1. The molecule has 3 aromatic rings. The van der Waals surface area contributed by atoms with E-state index in [0.717, 1.165) is 38.1 Å². The van der Waals surface area contributed by atoms with E-state index >= 15 is 0 Å². The number of thiazole rings is 1. The third-order valence-electron chi connectivity index (χ3n) is 8.47. The lowest BCUT2D eigenvalue weighted by Crippen LogP contribution is -2.42. The van der Waals surface area contributed by atoms with Gasteiger partial charge in [0.05, 0.1) is 16.9 Å². The lowest BCUT2D eigenvalue weighted by Gasteiger charge is -2.43. The van der Waals surface area contributed by atoms with E-state index in [2.05, 4.69) is 10.3 Å². The molecule has 1 saturated heterocycles. The number of H-pyrrole nitrogens is 1. The van der Waals surface area contributed by atoms with E-state index in [9.17, 15) is 28.0 Å². The van der Waals surface area contributed by atoms with Crippen molar-refractivity contribution in [2.24, 2.45) is 29.6 Å². The van der Waals surface area contributed by atoms with E-state index in [0.29, 0.717) is 5.69 Å². The topological polar surface area (TPSA) is 99.3 Å². The number of likely N-dealkylation sites (tertiary alicyclic amines) is 1. The maximum Gasteiger partial charge on any atom is 0.305 e. The Kier molecular flexibility index (Phi) is 5.38. The Balaban J connectivity index is 1.19. The van der Waals surface area contributed by atoms with Gasteiger partial charge in [-0.2, -0.15) is 0 Å². The highest BCUT2D eigenvalue weighted by atomic mass is 32.2. The van der Waals surface area contributed by atoms with Crippen molar-refractivity contribution in [3.05, 3.63) is 80.3 Å². The number of fused-ring (bicyclic) bond motifs is 9. The van der Waals surface area contributed by atoms with Crippen molar-refractivity contribution in [3.8, 4) is 0 Å². The molecule has 0 radical (unpaired) electrons. The van der Waals surface area contributed by atoms with Gasteiger partial charge in [0.15, 0.2) is 0 Å². The average molecular weight is 554 g/mol. The van der Waals surface area contributed by atoms with E-state index < -0.39 is 30.1 Å². The van der Waals surface area contributed by atoms with Crippen LogP contribution in [0, 0.1) is 41.2 Å². The van der Waals surface area contributed by atoms with Crippen LogP contribution in [0.2, 0.25) is 0 Å². The molecule has 4 aliphatic rings. The monoisotopic (exact) mass is 553 g/mol. The smallest absolute Gasteiger partial charge is 0.305 e. The summed E-state index contributed by atoms with van der Waals surface area (Å²) in [7, 11) is 0. The number of aromatic nitrogens is 1. The van der Waals surface area contributed by atoms with Crippen molar-refractivity contribution < 1.29 is 23.2 Å². The van der Waals surface area contributed by atoms with Crippen LogP contribution in [-0.2, 0) is 14.4 Å². The van der Waals surface area contributed by atoms with Gasteiger partial charge in [-0.15, -0.1) is 11.8 Å². The fourth-order valence-corrected chi connectivity index (χ4v) is 10.0. The minimum Gasteiger partial charge on any atom is -0.325 e. The molecule has 3 fully saturated rings. The second-order valence-electron chi connectivity index (χ2n) is 10.3. The molecule has 3 amide bonds. The minimum absolute atomic E-state index is 0.000373. The Morgan fingerprint density at radius 2 is 1.58 bits per heavy atom. The average Bonchev–Trinajstić information content (AvgIpc) is 3.62. The summed E-state index contributed by atoms with van der Waals surface area (Å²) < 4.78 is 26.9. The lowest BCUT2D eigenvalue weighted by molar-refractivity contribution is -0.143. The fourth-order valence-electron chi connectivity index (χ4n) is 7.16. The van der Waals surface area contributed by atoms with Crippen molar-refractivity contribution in [2.75, 3.05) is 11.9 Å². The Hall–Kier alpha value is -3.31. The lowest BCUT2D eigenvalue weighted by atomic mass is 9.68. The minimum atomic E-state index is -0.527. The van der Waals surface area contributed by atoms with E-state index in [4.69, 9.17) is 0 Å². The molecule has 6 unspecified atom stereocenters. The van der Waals surface area contributed by atoms with Gasteiger partial charge in [-0.05, 0) is 66.1 Å². The number of benzene rings is 2. The predicted octanol–water partition coefficient (Wildman–Crippen LogP) is 3.83. The molecule has 2 bridgehead atoms. The molecule has 2 aliphatic heterocycles. The van der Waals surface area contributed by atoms with Gasteiger partial charge in [0.1, 0.15) is 18.2 Å². The van der Waals surface area contributed by atoms with Crippen LogP contribution in [-0.4, -0.2) is 39.4 Å². The highest BCUT2D eigenvalue weighted by Crippen LogP contribution is 2.68. The normalized spacial score (nSPS) is 30.8. The van der Waals surface area contributed by atoms with Crippen LogP contribution in [0.4, 0.5) is 14.5 Å². The van der Waals surface area contributed by atoms with E-state index in [1.165, 1.54) is 36.4 Å². The number of carbonyl (C=O) groups is 3. The van der Waals surface area contributed by atoms with Crippen LogP contribution in [0.15, 0.2) is 58.4 Å². The van der Waals surface area contributed by atoms with Crippen molar-refractivity contribution in [2.45, 2.75) is 22.6 Å². The molecule has 38 heavy (non-hydrogen) atoms. The highest BCUT2D eigenvalue weighted by molar-refractivity contribution is 8.00. The second-order valence-corrected chi connectivity index (χ2v) is 12.5. The number of aromatic amines is 1. The molecule has 1 aromatic heterocycles. The maximum atomic E-state index is 13.8. The molecule has 2 saturated carbocycles. The number of thioether (sulfide) groups is 1. The number of hydrogen-bond donors (Lipinski definition) is 2. The van der Waals surface area contributed by atoms with Crippen LogP contribution in [0.3, 0.4) is 0 Å². The molecule has 2 aromatic carbocycles. The first-order valence-electron chi connectivity index (χ1n) is 12.4. The third-order valence-corrected chi connectivity index (χ3v) is 11.1. The van der Waals surface area contributed by atoms with Crippen molar-refractivity contribution in [1.29, 1.82) is 0 Å². The van der Waals surface area contributed by atoms with Gasteiger partial charge in [0, 0.05) is 21.7 Å². The standard InChI is InChI=1S/C27H21F2N3O4S2/c28-12-3-1-11(2-4-12)18-19-15-9-16(22(19)37-24-23(18)38-27(36)31-24)21-20(15)25(34)32(26(21)35)10-17(33)30-14-7-5-13(29)6-8-14/h1-8,15-16,18-22H,9-10H2,(H,30,33)(H,31,36)/t15?,16?,18-,19?,20?,21?,22?/m1/s1. The van der Waals surface area contributed by atoms with Crippen molar-refractivity contribution >= 4 is 46.5 Å². The quantitative estimate of drug-likeness (QED) is 0.479. The zero-order valence-corrected chi connectivity index (χ0v) is 21.4. The number of nitrogens with one attached hydrogen (secondary N) is 2. The van der Waals surface area contributed by atoms with Crippen LogP contribution < -0.4 is 10.2 Å². The molecule has 0 spiro atoms. The number of anilines is 1. The van der Waals surface area contributed by atoms with E-state index in [1.54, 1.807) is 23.9 Å². The number of nitrogens with zero attached hydrogens (tertiary/aromatic N) is 1. The first-order valence-corrected chi connectivity index (χ1v) is 14.1. The van der Waals surface area contributed by atoms with Crippen molar-refractivity contribution in [1.82, 2.24) is 9.88 Å². The van der Waals surface area contributed by atoms with Crippen LogP contribution in [0.5, 0.6) is 0 Å². The molecule has 7 rings (SSSR count). The van der Waals surface area contributed by atoms with Gasteiger partial charge in [-0.25, -0.2) is 8.78 Å². The first-order chi connectivity index (χ1) is 18.3. The Morgan fingerprint density at radius 1 is 0.947 bits per heavy atom. The van der Waals surface area contributed by atoms with E-state index in [-0.39, 0.29) is 51.4 Å². The maximum absolute atomic E-state index is 13.8. The van der Waals surface area contributed by atoms with Gasteiger partial charge < -0.3 is 10.3 Å².